The highest BCUT2D eigenvalue weighted by atomic mass is 32.1. The molecule has 0 fully saturated rings. The molecule has 26 heavy (non-hydrogen) atoms. The molecule has 0 bridgehead atoms. The molecule has 0 atom stereocenters. The molecule has 0 saturated heterocycles. The SMILES string of the molecule is CCCCCCCC(=O)COc1nc(-c2ccc(C(=O)O)cc2)sc1C. The Morgan fingerprint density at radius 1 is 1.12 bits per heavy atom. The van der Waals surface area contributed by atoms with Crippen molar-refractivity contribution in [2.45, 2.75) is 52.4 Å². The molecule has 0 spiro atoms. The molecule has 140 valence electrons. The van der Waals surface area contributed by atoms with E-state index in [0.717, 1.165) is 28.3 Å². The van der Waals surface area contributed by atoms with E-state index in [-0.39, 0.29) is 18.0 Å². The van der Waals surface area contributed by atoms with Crippen molar-refractivity contribution in [2.75, 3.05) is 6.61 Å². The van der Waals surface area contributed by atoms with Crippen LogP contribution in [0.4, 0.5) is 0 Å². The lowest BCUT2D eigenvalue weighted by atomic mass is 10.1. The molecule has 6 heteroatoms. The minimum absolute atomic E-state index is 0.0513. The van der Waals surface area contributed by atoms with Crippen LogP contribution in [0.5, 0.6) is 5.88 Å². The first kappa shape index (κ1) is 20.1. The Morgan fingerprint density at radius 3 is 2.46 bits per heavy atom. The van der Waals surface area contributed by atoms with E-state index in [2.05, 4.69) is 11.9 Å². The number of carboxylic acid groups (broad SMARTS) is 1. The molecular formula is C20H25NO4S. The summed E-state index contributed by atoms with van der Waals surface area (Å²) < 4.78 is 5.60. The monoisotopic (exact) mass is 375 g/mol. The van der Waals surface area contributed by atoms with Gasteiger partial charge in [-0.25, -0.2) is 9.78 Å². The van der Waals surface area contributed by atoms with Crippen molar-refractivity contribution < 1.29 is 19.4 Å². The van der Waals surface area contributed by atoms with Gasteiger partial charge in [0.15, 0.2) is 5.78 Å². The number of unbranched alkanes of at least 4 members (excludes halogenated alkanes) is 4. The van der Waals surface area contributed by atoms with Gasteiger partial charge in [-0.3, -0.25) is 4.79 Å². The molecule has 2 aromatic rings. The van der Waals surface area contributed by atoms with Crippen molar-refractivity contribution >= 4 is 23.1 Å². The maximum absolute atomic E-state index is 11.9. The molecule has 0 saturated carbocycles. The molecule has 1 aromatic carbocycles. The number of benzene rings is 1. The third-order valence-electron chi connectivity index (χ3n) is 4.06. The van der Waals surface area contributed by atoms with Gasteiger partial charge in [-0.15, -0.1) is 11.3 Å². The van der Waals surface area contributed by atoms with Crippen LogP contribution in [-0.2, 0) is 4.79 Å². The number of carbonyl (C=O) groups is 2. The largest absolute Gasteiger partial charge is 0.478 e. The molecule has 0 unspecified atom stereocenters. The van der Waals surface area contributed by atoms with Gasteiger partial charge >= 0.3 is 5.97 Å². The molecule has 0 aliphatic rings. The molecule has 1 aromatic heterocycles. The Hall–Kier alpha value is -2.21. The first-order valence-corrected chi connectivity index (χ1v) is 9.78. The smallest absolute Gasteiger partial charge is 0.335 e. The van der Waals surface area contributed by atoms with E-state index in [4.69, 9.17) is 9.84 Å². The lowest BCUT2D eigenvalue weighted by Crippen LogP contribution is -2.11. The van der Waals surface area contributed by atoms with Crippen LogP contribution >= 0.6 is 11.3 Å². The minimum atomic E-state index is -0.955. The van der Waals surface area contributed by atoms with Gasteiger partial charge in [-0.05, 0) is 25.5 Å². The Labute approximate surface area is 158 Å². The van der Waals surface area contributed by atoms with Crippen molar-refractivity contribution in [2.24, 2.45) is 0 Å². The topological polar surface area (TPSA) is 76.5 Å². The summed E-state index contributed by atoms with van der Waals surface area (Å²) in [6, 6.07) is 6.56. The van der Waals surface area contributed by atoms with Crippen LogP contribution in [0.1, 0.15) is 60.7 Å². The Balaban J connectivity index is 1.87. The van der Waals surface area contributed by atoms with Crippen LogP contribution < -0.4 is 4.74 Å². The molecule has 1 N–H and O–H groups in total. The van der Waals surface area contributed by atoms with Crippen molar-refractivity contribution in [1.29, 1.82) is 0 Å². The molecule has 1 heterocycles. The summed E-state index contributed by atoms with van der Waals surface area (Å²) in [5, 5.41) is 9.71. The van der Waals surface area contributed by atoms with Crippen LogP contribution in [0.15, 0.2) is 24.3 Å². The van der Waals surface area contributed by atoms with Crippen LogP contribution in [0.2, 0.25) is 0 Å². The minimum Gasteiger partial charge on any atom is -0.478 e. The van der Waals surface area contributed by atoms with E-state index in [0.29, 0.717) is 12.3 Å². The Morgan fingerprint density at radius 2 is 1.81 bits per heavy atom. The normalized spacial score (nSPS) is 10.7. The van der Waals surface area contributed by atoms with Crippen molar-refractivity contribution in [3.8, 4) is 16.5 Å². The number of hydrogen-bond acceptors (Lipinski definition) is 5. The number of carboxylic acids is 1. The predicted octanol–water partition coefficient (Wildman–Crippen LogP) is 5.13. The van der Waals surface area contributed by atoms with Gasteiger partial charge in [-0.2, -0.15) is 0 Å². The van der Waals surface area contributed by atoms with Crippen molar-refractivity contribution in [3.63, 3.8) is 0 Å². The van der Waals surface area contributed by atoms with E-state index in [9.17, 15) is 9.59 Å². The Bertz CT molecular complexity index is 737. The van der Waals surface area contributed by atoms with Crippen molar-refractivity contribution in [3.05, 3.63) is 34.7 Å². The summed E-state index contributed by atoms with van der Waals surface area (Å²) in [4.78, 5) is 28.2. The fraction of sp³-hybridized carbons (Fsp3) is 0.450. The first-order valence-electron chi connectivity index (χ1n) is 8.97. The van der Waals surface area contributed by atoms with Gasteiger partial charge in [0.25, 0.3) is 0 Å². The summed E-state index contributed by atoms with van der Waals surface area (Å²) in [7, 11) is 0. The van der Waals surface area contributed by atoms with Crippen molar-refractivity contribution in [1.82, 2.24) is 4.98 Å². The summed E-state index contributed by atoms with van der Waals surface area (Å²) in [5.41, 5.74) is 1.07. The average Bonchev–Trinajstić information content (AvgIpc) is 3.00. The highest BCUT2D eigenvalue weighted by Gasteiger charge is 2.13. The summed E-state index contributed by atoms with van der Waals surface area (Å²) >= 11 is 1.47. The number of nitrogens with zero attached hydrogens (tertiary/aromatic N) is 1. The molecule has 0 aliphatic heterocycles. The van der Waals surface area contributed by atoms with Gasteiger partial charge in [0, 0.05) is 12.0 Å². The van der Waals surface area contributed by atoms with E-state index >= 15 is 0 Å². The lowest BCUT2D eigenvalue weighted by molar-refractivity contribution is -0.121. The third-order valence-corrected chi connectivity index (χ3v) is 5.06. The summed E-state index contributed by atoms with van der Waals surface area (Å²) in [5.74, 6) is -0.378. The van der Waals surface area contributed by atoms with Gasteiger partial charge in [0.1, 0.15) is 11.6 Å². The number of Topliss-reactive ketones (excluding diaryl/α,β-unsaturated/α-hetero) is 1. The number of ketones is 1. The van der Waals surface area contributed by atoms with Gasteiger partial charge in [-0.1, -0.05) is 44.7 Å². The zero-order valence-corrected chi connectivity index (χ0v) is 16.1. The van der Waals surface area contributed by atoms with Gasteiger partial charge in [0.2, 0.25) is 5.88 Å². The zero-order chi connectivity index (χ0) is 18.9. The fourth-order valence-electron chi connectivity index (χ4n) is 2.54. The third kappa shape index (κ3) is 5.95. The number of carbonyl (C=O) groups excluding carboxylic acids is 1. The van der Waals surface area contributed by atoms with Crippen LogP contribution in [-0.4, -0.2) is 28.4 Å². The maximum atomic E-state index is 11.9. The Kier molecular flexibility index (Phi) is 7.78. The number of rotatable bonds is 11. The van der Waals surface area contributed by atoms with Gasteiger partial charge < -0.3 is 9.84 Å². The number of aromatic carboxylic acids is 1. The maximum Gasteiger partial charge on any atom is 0.335 e. The van der Waals surface area contributed by atoms with Crippen LogP contribution in [0, 0.1) is 6.92 Å². The van der Waals surface area contributed by atoms with Crippen LogP contribution in [0.25, 0.3) is 10.6 Å². The second-order valence-corrected chi connectivity index (χ2v) is 7.46. The number of hydrogen-bond donors (Lipinski definition) is 1. The number of aromatic nitrogens is 1. The van der Waals surface area contributed by atoms with E-state index in [1.54, 1.807) is 24.3 Å². The first-order chi connectivity index (χ1) is 12.5. The van der Waals surface area contributed by atoms with Gasteiger partial charge in [0.05, 0.1) is 10.4 Å². The van der Waals surface area contributed by atoms with Crippen LogP contribution in [0.3, 0.4) is 0 Å². The summed E-state index contributed by atoms with van der Waals surface area (Å²) in [6.45, 7) is 4.12. The van der Waals surface area contributed by atoms with E-state index < -0.39 is 5.97 Å². The number of thiazole rings is 1. The summed E-state index contributed by atoms with van der Waals surface area (Å²) in [6.07, 6.45) is 6.15. The lowest BCUT2D eigenvalue weighted by Gasteiger charge is -2.03. The highest BCUT2D eigenvalue weighted by molar-refractivity contribution is 7.15. The zero-order valence-electron chi connectivity index (χ0n) is 15.3. The number of ether oxygens (including phenoxy) is 1. The average molecular weight is 375 g/mol. The van der Waals surface area contributed by atoms with E-state index in [1.165, 1.54) is 30.6 Å². The quantitative estimate of drug-likeness (QED) is 0.551. The number of aryl methyl sites for hydroxylation is 1. The standard InChI is InChI=1S/C20H25NO4S/c1-3-4-5-6-7-8-17(22)13-25-18-14(2)26-19(21-18)15-9-11-16(12-10-15)20(23)24/h9-12H,3-8,13H2,1-2H3,(H,23,24). The molecule has 2 rings (SSSR count). The highest BCUT2D eigenvalue weighted by Crippen LogP contribution is 2.32. The molecule has 5 nitrogen and oxygen atoms in total. The molecule has 0 aliphatic carbocycles. The molecular weight excluding hydrogens is 350 g/mol. The second kappa shape index (κ2) is 10.1. The van der Waals surface area contributed by atoms with E-state index in [1.807, 2.05) is 6.92 Å². The fourth-order valence-corrected chi connectivity index (χ4v) is 3.41. The second-order valence-electron chi connectivity index (χ2n) is 6.25. The predicted molar refractivity (Wildman–Crippen MR) is 103 cm³/mol. The molecule has 0 radical (unpaired) electrons. The molecule has 0 amide bonds.